The summed E-state index contributed by atoms with van der Waals surface area (Å²) in [5, 5.41) is 0. The van der Waals surface area contributed by atoms with Gasteiger partial charge in [-0.3, -0.25) is 0 Å². The van der Waals surface area contributed by atoms with Gasteiger partial charge in [0.1, 0.15) is 0 Å². The van der Waals surface area contributed by atoms with E-state index in [1.807, 2.05) is 0 Å². The monoisotopic (exact) mass is 254 g/mol. The van der Waals surface area contributed by atoms with E-state index in [0.29, 0.717) is 5.41 Å². The molecule has 3 nitrogen and oxygen atoms in total. The van der Waals surface area contributed by atoms with Crippen molar-refractivity contribution in [3.63, 3.8) is 0 Å². The topological polar surface area (TPSA) is 15.7 Å². The van der Waals surface area contributed by atoms with E-state index in [0.717, 1.165) is 19.1 Å². The molecule has 0 aliphatic carbocycles. The van der Waals surface area contributed by atoms with Gasteiger partial charge in [-0.15, -0.1) is 0 Å². The lowest BCUT2D eigenvalue weighted by Gasteiger charge is -2.34. The van der Waals surface area contributed by atoms with Gasteiger partial charge in [-0.05, 0) is 50.7 Å². The van der Waals surface area contributed by atoms with Crippen LogP contribution >= 0.6 is 0 Å². The summed E-state index contributed by atoms with van der Waals surface area (Å²) in [4.78, 5) is 5.14. The molecule has 2 saturated heterocycles. The maximum Gasteiger partial charge on any atom is 0.0507 e. The number of likely N-dealkylation sites (tertiary alicyclic amines) is 1. The van der Waals surface area contributed by atoms with E-state index in [9.17, 15) is 0 Å². The molecule has 0 N–H and O–H groups in total. The third kappa shape index (κ3) is 4.52. The van der Waals surface area contributed by atoms with Crippen molar-refractivity contribution < 1.29 is 4.74 Å². The van der Waals surface area contributed by atoms with Gasteiger partial charge in [0.2, 0.25) is 0 Å². The highest BCUT2D eigenvalue weighted by molar-refractivity contribution is 4.80. The van der Waals surface area contributed by atoms with Crippen LogP contribution in [-0.4, -0.2) is 62.8 Å². The molecule has 2 aliphatic heterocycles. The Morgan fingerprint density at radius 2 is 2.00 bits per heavy atom. The first-order valence-electron chi connectivity index (χ1n) is 7.54. The maximum absolute atomic E-state index is 5.46. The quantitative estimate of drug-likeness (QED) is 0.722. The van der Waals surface area contributed by atoms with Crippen molar-refractivity contribution in [1.82, 2.24) is 9.80 Å². The second-order valence-corrected chi connectivity index (χ2v) is 7.07. The van der Waals surface area contributed by atoms with Crippen molar-refractivity contribution >= 4 is 0 Å². The summed E-state index contributed by atoms with van der Waals surface area (Å²) in [6.07, 6.45) is 4.04. The standard InChI is InChI=1S/C15H30N2O/c1-15(2,13-17-7-4-5-8-17)12-16(3)10-14-6-9-18-11-14/h14H,4-13H2,1-3H3. The molecule has 0 bridgehead atoms. The molecule has 2 fully saturated rings. The van der Waals surface area contributed by atoms with Crippen LogP contribution in [0.15, 0.2) is 0 Å². The average molecular weight is 254 g/mol. The lowest BCUT2D eigenvalue weighted by atomic mass is 9.91. The van der Waals surface area contributed by atoms with Crippen molar-refractivity contribution in [1.29, 1.82) is 0 Å². The Bertz CT molecular complexity index is 243. The minimum Gasteiger partial charge on any atom is -0.381 e. The fourth-order valence-electron chi connectivity index (χ4n) is 3.56. The summed E-state index contributed by atoms with van der Waals surface area (Å²) < 4.78 is 5.46. The molecular formula is C15H30N2O. The van der Waals surface area contributed by atoms with Crippen molar-refractivity contribution in [3.8, 4) is 0 Å². The highest BCUT2D eigenvalue weighted by Crippen LogP contribution is 2.22. The van der Waals surface area contributed by atoms with E-state index in [4.69, 9.17) is 4.74 Å². The predicted octanol–water partition coefficient (Wildman–Crippen LogP) is 2.08. The highest BCUT2D eigenvalue weighted by Gasteiger charge is 2.26. The van der Waals surface area contributed by atoms with Crippen LogP contribution in [-0.2, 0) is 4.74 Å². The summed E-state index contributed by atoms with van der Waals surface area (Å²) in [6.45, 7) is 13.0. The fraction of sp³-hybridized carbons (Fsp3) is 1.00. The molecule has 2 aliphatic rings. The molecule has 3 heteroatoms. The van der Waals surface area contributed by atoms with Crippen LogP contribution in [0, 0.1) is 11.3 Å². The molecule has 18 heavy (non-hydrogen) atoms. The molecule has 0 aromatic rings. The van der Waals surface area contributed by atoms with E-state index in [1.54, 1.807) is 0 Å². The Kier molecular flexibility index (Phi) is 5.05. The predicted molar refractivity (Wildman–Crippen MR) is 75.9 cm³/mol. The molecule has 106 valence electrons. The van der Waals surface area contributed by atoms with Gasteiger partial charge in [-0.2, -0.15) is 0 Å². The molecule has 0 saturated carbocycles. The van der Waals surface area contributed by atoms with Crippen LogP contribution < -0.4 is 0 Å². The van der Waals surface area contributed by atoms with Crippen molar-refractivity contribution in [2.24, 2.45) is 11.3 Å². The highest BCUT2D eigenvalue weighted by atomic mass is 16.5. The molecule has 0 spiro atoms. The zero-order valence-corrected chi connectivity index (χ0v) is 12.5. The van der Waals surface area contributed by atoms with Crippen molar-refractivity contribution in [2.45, 2.75) is 33.1 Å². The van der Waals surface area contributed by atoms with E-state index < -0.39 is 0 Å². The first-order valence-corrected chi connectivity index (χ1v) is 7.54. The molecule has 2 rings (SSSR count). The molecule has 0 aromatic carbocycles. The van der Waals surface area contributed by atoms with Crippen LogP contribution in [0.4, 0.5) is 0 Å². The Balaban J connectivity index is 1.71. The Labute approximate surface area is 112 Å². The van der Waals surface area contributed by atoms with Crippen LogP contribution in [0.2, 0.25) is 0 Å². The van der Waals surface area contributed by atoms with E-state index in [2.05, 4.69) is 30.7 Å². The average Bonchev–Trinajstić information content (AvgIpc) is 2.88. The van der Waals surface area contributed by atoms with Crippen molar-refractivity contribution in [2.75, 3.05) is 53.0 Å². The summed E-state index contributed by atoms with van der Waals surface area (Å²) in [5.41, 5.74) is 0.401. The fourth-order valence-corrected chi connectivity index (χ4v) is 3.56. The van der Waals surface area contributed by atoms with Crippen LogP contribution in [0.3, 0.4) is 0 Å². The maximum atomic E-state index is 5.46. The van der Waals surface area contributed by atoms with Gasteiger partial charge in [-0.1, -0.05) is 13.8 Å². The van der Waals surface area contributed by atoms with Crippen LogP contribution in [0.25, 0.3) is 0 Å². The molecule has 0 aromatic heterocycles. The van der Waals surface area contributed by atoms with Crippen LogP contribution in [0.1, 0.15) is 33.1 Å². The smallest absolute Gasteiger partial charge is 0.0507 e. The first kappa shape index (κ1) is 14.3. The van der Waals surface area contributed by atoms with Gasteiger partial charge in [-0.25, -0.2) is 0 Å². The zero-order chi connectivity index (χ0) is 13.0. The Hall–Kier alpha value is -0.120. The van der Waals surface area contributed by atoms with E-state index >= 15 is 0 Å². The minimum atomic E-state index is 0.401. The minimum absolute atomic E-state index is 0.401. The van der Waals surface area contributed by atoms with Gasteiger partial charge < -0.3 is 14.5 Å². The van der Waals surface area contributed by atoms with Crippen molar-refractivity contribution in [3.05, 3.63) is 0 Å². The van der Waals surface area contributed by atoms with Gasteiger partial charge in [0.25, 0.3) is 0 Å². The summed E-state index contributed by atoms with van der Waals surface area (Å²) in [5.74, 6) is 0.762. The van der Waals surface area contributed by atoms with E-state index in [1.165, 1.54) is 52.0 Å². The second-order valence-electron chi connectivity index (χ2n) is 7.07. The van der Waals surface area contributed by atoms with Crippen LogP contribution in [0.5, 0.6) is 0 Å². The molecule has 2 heterocycles. The molecule has 0 radical (unpaired) electrons. The lowest BCUT2D eigenvalue weighted by Crippen LogP contribution is -2.41. The van der Waals surface area contributed by atoms with Gasteiger partial charge in [0.15, 0.2) is 0 Å². The second kappa shape index (κ2) is 6.36. The number of hydrogen-bond donors (Lipinski definition) is 0. The van der Waals surface area contributed by atoms with Gasteiger partial charge in [0, 0.05) is 26.2 Å². The third-order valence-corrected chi connectivity index (χ3v) is 4.14. The summed E-state index contributed by atoms with van der Waals surface area (Å²) in [7, 11) is 2.27. The number of hydrogen-bond acceptors (Lipinski definition) is 3. The normalized spacial score (nSPS) is 26.3. The number of nitrogens with zero attached hydrogens (tertiary/aromatic N) is 2. The number of ether oxygens (including phenoxy) is 1. The lowest BCUT2D eigenvalue weighted by molar-refractivity contribution is 0.130. The molecule has 1 atom stereocenters. The zero-order valence-electron chi connectivity index (χ0n) is 12.5. The Morgan fingerprint density at radius 1 is 1.28 bits per heavy atom. The largest absolute Gasteiger partial charge is 0.381 e. The SMILES string of the molecule is CN(CC1CCOC1)CC(C)(C)CN1CCCC1. The summed E-state index contributed by atoms with van der Waals surface area (Å²) >= 11 is 0. The van der Waals surface area contributed by atoms with E-state index in [-0.39, 0.29) is 0 Å². The Morgan fingerprint density at radius 3 is 2.61 bits per heavy atom. The molecule has 0 amide bonds. The first-order chi connectivity index (χ1) is 8.55. The number of rotatable bonds is 6. The molecule has 1 unspecified atom stereocenters. The summed E-state index contributed by atoms with van der Waals surface area (Å²) in [6, 6.07) is 0. The third-order valence-electron chi connectivity index (χ3n) is 4.14. The van der Waals surface area contributed by atoms with Gasteiger partial charge >= 0.3 is 0 Å². The van der Waals surface area contributed by atoms with Gasteiger partial charge in [0.05, 0.1) is 6.61 Å². The molecular weight excluding hydrogens is 224 g/mol.